The van der Waals surface area contributed by atoms with E-state index in [0.29, 0.717) is 12.2 Å². The molecule has 0 aromatic heterocycles. The summed E-state index contributed by atoms with van der Waals surface area (Å²) in [7, 11) is 3.72. The van der Waals surface area contributed by atoms with Gasteiger partial charge in [0.25, 0.3) is 11.9 Å². The normalized spacial score (nSPS) is 28.4. The molecule has 0 spiro atoms. The predicted octanol–water partition coefficient (Wildman–Crippen LogP) is 1.66. The van der Waals surface area contributed by atoms with Gasteiger partial charge in [-0.1, -0.05) is 0 Å². The zero-order valence-corrected chi connectivity index (χ0v) is 23.7. The van der Waals surface area contributed by atoms with Crippen molar-refractivity contribution in [3.05, 3.63) is 0 Å². The van der Waals surface area contributed by atoms with E-state index in [2.05, 4.69) is 0 Å². The summed E-state index contributed by atoms with van der Waals surface area (Å²) in [6.45, 7) is 2.17. The Morgan fingerprint density at radius 1 is 0.900 bits per heavy atom. The monoisotopic (exact) mass is 666 g/mol. The van der Waals surface area contributed by atoms with Crippen LogP contribution in [0.2, 0.25) is 6.85 Å². The first-order valence-corrected chi connectivity index (χ1v) is 12.6. The molecule has 4 unspecified atom stereocenters. The van der Waals surface area contributed by atoms with Crippen LogP contribution in [0, 0.1) is 0 Å². The summed E-state index contributed by atoms with van der Waals surface area (Å²) in [4.78, 5) is 18.0. The molecule has 1 saturated carbocycles. The number of methoxy groups -OCH3 is 2. The number of carbonyl (C=O) groups is 2. The topological polar surface area (TPSA) is 93.1 Å². The number of rotatable bonds is 2. The van der Waals surface area contributed by atoms with Gasteiger partial charge in [0.2, 0.25) is 0 Å². The van der Waals surface area contributed by atoms with Crippen LogP contribution in [0.5, 0.6) is 0 Å². The standard InChI is InChI=1S/C8H14O2.2C2H4O2.2Hg/c1-9-7-3-5-8(10-2)6-4-7;2*1-2(3)4;;/h3,6-8H,4-5H2,1-2H3;2*1H3,(H,3,4);;. The summed E-state index contributed by atoms with van der Waals surface area (Å²) in [6, 6.07) is 0. The molecule has 6 nitrogen and oxygen atoms in total. The van der Waals surface area contributed by atoms with Gasteiger partial charge in [0.1, 0.15) is 0 Å². The van der Waals surface area contributed by atoms with Crippen LogP contribution in [0.25, 0.3) is 0 Å². The first kappa shape index (κ1) is 23.0. The number of aliphatic carboxylic acids is 2. The van der Waals surface area contributed by atoms with E-state index in [0.717, 1.165) is 72.9 Å². The van der Waals surface area contributed by atoms with Gasteiger partial charge in [0.15, 0.2) is 0 Å². The summed E-state index contributed by atoms with van der Waals surface area (Å²) in [5.41, 5.74) is 0. The van der Waals surface area contributed by atoms with E-state index in [1.165, 1.54) is 12.8 Å². The van der Waals surface area contributed by atoms with E-state index >= 15 is 0 Å². The third kappa shape index (κ3) is 13.7. The van der Waals surface area contributed by atoms with Gasteiger partial charge in [-0.3, -0.25) is 9.59 Å². The van der Waals surface area contributed by atoms with Crippen molar-refractivity contribution < 1.29 is 81.5 Å². The SMILES string of the molecule is CC(=O)O.CC(=O)O.COC1C[CH]([Hg])C(OC)C[CH]1[Hg]. The fraction of sp³-hybridized carbons (Fsp3) is 0.833. The molecule has 0 heterocycles. The fourth-order valence-electron chi connectivity index (χ4n) is 1.86. The van der Waals surface area contributed by atoms with Crippen LogP contribution in [-0.4, -0.2) is 48.6 Å². The van der Waals surface area contributed by atoms with Crippen LogP contribution >= 0.6 is 0 Å². The van der Waals surface area contributed by atoms with Gasteiger partial charge in [-0.05, 0) is 0 Å². The number of ether oxygens (including phenoxy) is 2. The third-order valence-electron chi connectivity index (χ3n) is 2.73. The van der Waals surface area contributed by atoms with E-state index in [4.69, 9.17) is 29.3 Å². The minimum atomic E-state index is -0.833. The van der Waals surface area contributed by atoms with Gasteiger partial charge in [-0.2, -0.15) is 0 Å². The van der Waals surface area contributed by atoms with Crippen molar-refractivity contribution in [3.8, 4) is 0 Å². The molecule has 1 rings (SSSR count). The molecule has 110 valence electrons. The van der Waals surface area contributed by atoms with E-state index in [1.54, 1.807) is 0 Å². The second-order valence-corrected chi connectivity index (χ2v) is 12.7. The predicted molar refractivity (Wildman–Crippen MR) is 64.9 cm³/mol. The molecule has 0 radical (unpaired) electrons. The Labute approximate surface area is 152 Å². The van der Waals surface area contributed by atoms with Crippen LogP contribution < -0.4 is 0 Å². The van der Waals surface area contributed by atoms with E-state index in [9.17, 15) is 0 Å². The maximum absolute atomic E-state index is 9.00. The van der Waals surface area contributed by atoms with Gasteiger partial charge in [-0.15, -0.1) is 0 Å². The maximum atomic E-state index is 9.00. The molecule has 8 heteroatoms. The van der Waals surface area contributed by atoms with Gasteiger partial charge in [0, 0.05) is 13.8 Å². The van der Waals surface area contributed by atoms with Crippen LogP contribution in [0.3, 0.4) is 0 Å². The van der Waals surface area contributed by atoms with Gasteiger partial charge < -0.3 is 10.2 Å². The molecule has 1 fully saturated rings. The average molecular weight is 663 g/mol. The van der Waals surface area contributed by atoms with Crippen LogP contribution in [-0.2, 0) is 71.3 Å². The summed E-state index contributed by atoms with van der Waals surface area (Å²) < 4.78 is 12.7. The van der Waals surface area contributed by atoms with Gasteiger partial charge in [-0.25, -0.2) is 0 Å². The molecular weight excluding hydrogens is 641 g/mol. The van der Waals surface area contributed by atoms with Crippen molar-refractivity contribution in [2.24, 2.45) is 0 Å². The van der Waals surface area contributed by atoms with Gasteiger partial charge in [0.05, 0.1) is 0 Å². The summed E-state index contributed by atoms with van der Waals surface area (Å²) >= 11 is 1.67. The number of hydrogen-bond acceptors (Lipinski definition) is 4. The van der Waals surface area contributed by atoms with Gasteiger partial charge >= 0.3 is 108 Å². The van der Waals surface area contributed by atoms with Crippen molar-refractivity contribution >= 4 is 11.9 Å². The second-order valence-electron chi connectivity index (χ2n) is 4.58. The third-order valence-corrected chi connectivity index (χ3v) is 9.41. The minimum absolute atomic E-state index is 0.572. The first-order valence-electron chi connectivity index (χ1n) is 6.26. The molecule has 0 saturated heterocycles. The molecule has 20 heavy (non-hydrogen) atoms. The Balaban J connectivity index is 0. The zero-order valence-electron chi connectivity index (χ0n) is 12.7. The Morgan fingerprint density at radius 3 is 1.25 bits per heavy atom. The first-order chi connectivity index (χ1) is 9.15. The Kier molecular flexibility index (Phi) is 15.4. The molecule has 0 bridgehead atoms. The molecule has 0 aromatic rings. The Morgan fingerprint density at radius 2 is 1.10 bits per heavy atom. The van der Waals surface area contributed by atoms with E-state index in [1.807, 2.05) is 14.2 Å². The zero-order chi connectivity index (χ0) is 16.3. The Hall–Kier alpha value is 0.730. The van der Waals surface area contributed by atoms with Crippen molar-refractivity contribution in [2.75, 3.05) is 14.2 Å². The van der Waals surface area contributed by atoms with Crippen molar-refractivity contribution in [3.63, 3.8) is 0 Å². The van der Waals surface area contributed by atoms with Crippen LogP contribution in [0.4, 0.5) is 0 Å². The molecular formula is C12H22Hg2O6. The summed E-state index contributed by atoms with van der Waals surface area (Å²) in [5.74, 6) is -1.67. The molecule has 0 amide bonds. The average Bonchev–Trinajstić information content (AvgIpc) is 2.30. The molecule has 1 aliphatic rings. The van der Waals surface area contributed by atoms with E-state index < -0.39 is 11.9 Å². The molecule has 0 aromatic carbocycles. The van der Waals surface area contributed by atoms with Crippen molar-refractivity contribution in [1.82, 2.24) is 0 Å². The molecule has 2 N–H and O–H groups in total. The molecule has 4 atom stereocenters. The number of carboxylic acid groups (broad SMARTS) is 2. The summed E-state index contributed by atoms with van der Waals surface area (Å²) in [6.07, 6.45) is 3.68. The molecule has 0 aliphatic heterocycles. The Bertz CT molecular complexity index is 251. The quantitative estimate of drug-likeness (QED) is 0.437. The van der Waals surface area contributed by atoms with Crippen LogP contribution in [0.1, 0.15) is 26.7 Å². The van der Waals surface area contributed by atoms with Crippen LogP contribution in [0.15, 0.2) is 0 Å². The van der Waals surface area contributed by atoms with E-state index in [-0.39, 0.29) is 0 Å². The number of carboxylic acids is 2. The fourth-order valence-corrected chi connectivity index (χ4v) is 7.41. The van der Waals surface area contributed by atoms with Crippen molar-refractivity contribution in [1.29, 1.82) is 0 Å². The second kappa shape index (κ2) is 13.4. The van der Waals surface area contributed by atoms with Crippen molar-refractivity contribution in [2.45, 2.75) is 45.8 Å². The number of hydrogen-bond donors (Lipinski definition) is 2. The summed E-state index contributed by atoms with van der Waals surface area (Å²) in [5, 5.41) is 14.8. The molecule has 1 aliphatic carbocycles.